The van der Waals surface area contributed by atoms with Gasteiger partial charge in [-0.15, -0.1) is 0 Å². The number of likely N-dealkylation sites (N-methyl/N-ethyl adjacent to an activating group) is 1. The van der Waals surface area contributed by atoms with Gasteiger partial charge in [-0.1, -0.05) is 6.92 Å². The number of hydrogen-bond acceptors (Lipinski definition) is 3. The number of rotatable bonds is 5. The number of nitrogens with one attached hydrogen (secondary N) is 1. The number of amides is 1. The molecule has 2 fully saturated rings. The minimum Gasteiger partial charge on any atom is -0.358 e. The predicted molar refractivity (Wildman–Crippen MR) is 82.7 cm³/mol. The van der Waals surface area contributed by atoms with Gasteiger partial charge in [0, 0.05) is 7.05 Å². The van der Waals surface area contributed by atoms with Crippen LogP contribution in [0, 0.1) is 11.8 Å². The van der Waals surface area contributed by atoms with Crippen molar-refractivity contribution >= 4 is 5.91 Å². The first-order chi connectivity index (χ1) is 9.67. The summed E-state index contributed by atoms with van der Waals surface area (Å²) >= 11 is 0. The molecule has 0 bridgehead atoms. The van der Waals surface area contributed by atoms with Crippen LogP contribution in [-0.2, 0) is 4.79 Å². The minimum absolute atomic E-state index is 0.144. The summed E-state index contributed by atoms with van der Waals surface area (Å²) in [7, 11) is 1.72. The lowest BCUT2D eigenvalue weighted by molar-refractivity contribution is -0.122. The Balaban J connectivity index is 1.59. The largest absolute Gasteiger partial charge is 0.358 e. The maximum Gasteiger partial charge on any atom is 0.233 e. The Morgan fingerprint density at radius 1 is 1.05 bits per heavy atom. The summed E-state index contributed by atoms with van der Waals surface area (Å²) in [6.07, 6.45) is 6.64. The molecule has 0 atom stereocenters. The fraction of sp³-hybridized carbons (Fsp3) is 0.938. The van der Waals surface area contributed by atoms with E-state index in [0.717, 1.165) is 24.9 Å². The molecule has 20 heavy (non-hydrogen) atoms. The van der Waals surface area contributed by atoms with Gasteiger partial charge >= 0.3 is 0 Å². The third kappa shape index (κ3) is 5.06. The number of hydrogen-bond donors (Lipinski definition) is 1. The zero-order valence-corrected chi connectivity index (χ0v) is 13.2. The molecular weight excluding hydrogens is 250 g/mol. The van der Waals surface area contributed by atoms with Crippen LogP contribution in [0.2, 0.25) is 0 Å². The van der Waals surface area contributed by atoms with Gasteiger partial charge in [-0.3, -0.25) is 9.69 Å². The van der Waals surface area contributed by atoms with Crippen molar-refractivity contribution in [2.45, 2.75) is 39.0 Å². The van der Waals surface area contributed by atoms with Gasteiger partial charge in [-0.05, 0) is 76.7 Å². The molecule has 0 aliphatic carbocycles. The summed E-state index contributed by atoms with van der Waals surface area (Å²) in [5, 5.41) is 2.71. The van der Waals surface area contributed by atoms with E-state index in [-0.39, 0.29) is 5.91 Å². The average molecular weight is 281 g/mol. The molecule has 0 radical (unpaired) electrons. The van der Waals surface area contributed by atoms with Crippen molar-refractivity contribution in [2.24, 2.45) is 11.8 Å². The normalized spacial score (nSPS) is 23.9. The topological polar surface area (TPSA) is 35.6 Å². The Morgan fingerprint density at radius 2 is 1.65 bits per heavy atom. The Labute approximate surface area is 123 Å². The molecule has 1 N–H and O–H groups in total. The minimum atomic E-state index is 0.144. The van der Waals surface area contributed by atoms with Gasteiger partial charge in [0.15, 0.2) is 0 Å². The Kier molecular flexibility index (Phi) is 6.30. The van der Waals surface area contributed by atoms with Crippen molar-refractivity contribution in [3.8, 4) is 0 Å². The van der Waals surface area contributed by atoms with Crippen LogP contribution in [0.1, 0.15) is 39.0 Å². The van der Waals surface area contributed by atoms with E-state index < -0.39 is 0 Å². The van der Waals surface area contributed by atoms with E-state index in [0.29, 0.717) is 6.54 Å². The smallest absolute Gasteiger partial charge is 0.233 e. The van der Waals surface area contributed by atoms with Crippen LogP contribution in [0.3, 0.4) is 0 Å². The first-order valence-electron chi connectivity index (χ1n) is 8.32. The highest BCUT2D eigenvalue weighted by Gasteiger charge is 2.22. The van der Waals surface area contributed by atoms with Gasteiger partial charge < -0.3 is 10.2 Å². The van der Waals surface area contributed by atoms with Crippen molar-refractivity contribution in [1.82, 2.24) is 15.1 Å². The average Bonchev–Trinajstić information content (AvgIpc) is 2.48. The van der Waals surface area contributed by atoms with E-state index in [1.54, 1.807) is 7.05 Å². The molecule has 2 aliphatic heterocycles. The molecule has 0 unspecified atom stereocenters. The molecule has 0 aromatic carbocycles. The predicted octanol–water partition coefficient (Wildman–Crippen LogP) is 1.57. The third-order valence-corrected chi connectivity index (χ3v) is 5.08. The fourth-order valence-corrected chi connectivity index (χ4v) is 3.37. The quantitative estimate of drug-likeness (QED) is 0.831. The highest BCUT2D eigenvalue weighted by Crippen LogP contribution is 2.22. The first kappa shape index (κ1) is 15.8. The van der Waals surface area contributed by atoms with E-state index in [1.165, 1.54) is 51.7 Å². The third-order valence-electron chi connectivity index (χ3n) is 5.08. The van der Waals surface area contributed by atoms with Crippen LogP contribution in [0.25, 0.3) is 0 Å². The van der Waals surface area contributed by atoms with Crippen LogP contribution in [0.15, 0.2) is 0 Å². The lowest BCUT2D eigenvalue weighted by Gasteiger charge is -2.34. The second kappa shape index (κ2) is 7.99. The van der Waals surface area contributed by atoms with Crippen LogP contribution in [0.5, 0.6) is 0 Å². The maximum absolute atomic E-state index is 11.4. The van der Waals surface area contributed by atoms with Crippen molar-refractivity contribution in [3.05, 3.63) is 0 Å². The van der Waals surface area contributed by atoms with Gasteiger partial charge in [0.1, 0.15) is 0 Å². The molecule has 0 spiro atoms. The second-order valence-electron chi connectivity index (χ2n) is 6.71. The van der Waals surface area contributed by atoms with E-state index >= 15 is 0 Å². The fourth-order valence-electron chi connectivity index (χ4n) is 3.37. The molecule has 4 heteroatoms. The van der Waals surface area contributed by atoms with Gasteiger partial charge in [-0.2, -0.15) is 0 Å². The molecule has 0 aromatic heterocycles. The van der Waals surface area contributed by atoms with Gasteiger partial charge in [-0.25, -0.2) is 0 Å². The van der Waals surface area contributed by atoms with E-state index in [9.17, 15) is 4.79 Å². The van der Waals surface area contributed by atoms with Crippen molar-refractivity contribution in [1.29, 1.82) is 0 Å². The molecular formula is C16H31N3O. The molecule has 0 aromatic rings. The summed E-state index contributed by atoms with van der Waals surface area (Å²) in [5.74, 6) is 1.94. The standard InChI is InChI=1S/C16H31N3O/c1-14-3-8-18(9-4-14)10-5-15-6-11-19(12-7-15)13-16(20)17-2/h14-15H,3-13H2,1-2H3,(H,17,20). The number of carbonyl (C=O) groups is 1. The van der Waals surface area contributed by atoms with Crippen LogP contribution in [0.4, 0.5) is 0 Å². The highest BCUT2D eigenvalue weighted by atomic mass is 16.1. The molecule has 116 valence electrons. The molecule has 2 saturated heterocycles. The summed E-state index contributed by atoms with van der Waals surface area (Å²) < 4.78 is 0. The number of carbonyl (C=O) groups excluding carboxylic acids is 1. The molecule has 4 nitrogen and oxygen atoms in total. The number of likely N-dealkylation sites (tertiary alicyclic amines) is 2. The zero-order chi connectivity index (χ0) is 14.4. The summed E-state index contributed by atoms with van der Waals surface area (Å²) in [4.78, 5) is 16.3. The van der Waals surface area contributed by atoms with Gasteiger partial charge in [0.25, 0.3) is 0 Å². The molecule has 2 heterocycles. The van der Waals surface area contributed by atoms with Crippen molar-refractivity contribution < 1.29 is 4.79 Å². The maximum atomic E-state index is 11.4. The summed E-state index contributed by atoms with van der Waals surface area (Å²) in [6, 6.07) is 0. The second-order valence-corrected chi connectivity index (χ2v) is 6.71. The molecule has 1 amide bonds. The number of nitrogens with zero attached hydrogens (tertiary/aromatic N) is 2. The molecule has 2 aliphatic rings. The van der Waals surface area contributed by atoms with Crippen LogP contribution >= 0.6 is 0 Å². The Hall–Kier alpha value is -0.610. The first-order valence-corrected chi connectivity index (χ1v) is 8.32. The van der Waals surface area contributed by atoms with Crippen molar-refractivity contribution in [2.75, 3.05) is 46.3 Å². The van der Waals surface area contributed by atoms with E-state index in [2.05, 4.69) is 22.0 Å². The Bertz CT molecular complexity index is 292. The monoisotopic (exact) mass is 281 g/mol. The Morgan fingerprint density at radius 3 is 2.25 bits per heavy atom. The van der Waals surface area contributed by atoms with E-state index in [4.69, 9.17) is 0 Å². The molecule has 2 rings (SSSR count). The SMILES string of the molecule is CNC(=O)CN1CCC(CCN2CCC(C)CC2)CC1. The zero-order valence-electron chi connectivity index (χ0n) is 13.2. The van der Waals surface area contributed by atoms with Gasteiger partial charge in [0.2, 0.25) is 5.91 Å². The highest BCUT2D eigenvalue weighted by molar-refractivity contribution is 5.77. The summed E-state index contributed by atoms with van der Waals surface area (Å²) in [5.41, 5.74) is 0. The lowest BCUT2D eigenvalue weighted by atomic mass is 9.92. The molecule has 0 saturated carbocycles. The lowest BCUT2D eigenvalue weighted by Crippen LogP contribution is -2.41. The van der Waals surface area contributed by atoms with Gasteiger partial charge in [0.05, 0.1) is 6.54 Å². The van der Waals surface area contributed by atoms with Crippen LogP contribution in [-0.4, -0.2) is 62.0 Å². The van der Waals surface area contributed by atoms with Crippen LogP contribution < -0.4 is 5.32 Å². The van der Waals surface area contributed by atoms with E-state index in [1.807, 2.05) is 0 Å². The number of piperidine rings is 2. The summed E-state index contributed by atoms with van der Waals surface area (Å²) in [6.45, 7) is 9.02. The van der Waals surface area contributed by atoms with Crippen molar-refractivity contribution in [3.63, 3.8) is 0 Å².